The van der Waals surface area contributed by atoms with E-state index in [0.29, 0.717) is 12.2 Å². The third kappa shape index (κ3) is 4.73. The van der Waals surface area contributed by atoms with Gasteiger partial charge in [-0.15, -0.1) is 0 Å². The first-order valence-corrected chi connectivity index (χ1v) is 5.32. The molecule has 1 aliphatic rings. The van der Waals surface area contributed by atoms with Crippen molar-refractivity contribution in [2.75, 3.05) is 6.54 Å². The van der Waals surface area contributed by atoms with E-state index in [1.807, 2.05) is 0 Å². The molecule has 0 aliphatic carbocycles. The normalized spacial score (nSPS) is 24.0. The Labute approximate surface area is 76.1 Å². The molecule has 0 aromatic heterocycles. The SMILES string of the molecule is CCCCCCC(C)NC1CN1. The van der Waals surface area contributed by atoms with Gasteiger partial charge in [0.1, 0.15) is 0 Å². The average Bonchev–Trinajstić information content (AvgIpc) is 2.82. The Balaban J connectivity index is 1.83. The molecule has 0 aromatic carbocycles. The second-order valence-electron chi connectivity index (χ2n) is 3.88. The minimum absolute atomic E-state index is 0.631. The summed E-state index contributed by atoms with van der Waals surface area (Å²) in [5.74, 6) is 0. The molecule has 1 saturated heterocycles. The van der Waals surface area contributed by atoms with Gasteiger partial charge in [0.2, 0.25) is 0 Å². The second kappa shape index (κ2) is 5.55. The fourth-order valence-electron chi connectivity index (χ4n) is 1.48. The summed E-state index contributed by atoms with van der Waals surface area (Å²) >= 11 is 0. The first-order chi connectivity index (χ1) is 5.83. The fourth-order valence-corrected chi connectivity index (χ4v) is 1.48. The van der Waals surface area contributed by atoms with Gasteiger partial charge in [-0.3, -0.25) is 10.6 Å². The van der Waals surface area contributed by atoms with E-state index in [-0.39, 0.29) is 0 Å². The highest BCUT2D eigenvalue weighted by Gasteiger charge is 2.20. The maximum absolute atomic E-state index is 3.52. The maximum atomic E-state index is 3.52. The van der Waals surface area contributed by atoms with Crippen LogP contribution in [0.4, 0.5) is 0 Å². The van der Waals surface area contributed by atoms with Crippen LogP contribution in [0.3, 0.4) is 0 Å². The van der Waals surface area contributed by atoms with Crippen molar-refractivity contribution >= 4 is 0 Å². The van der Waals surface area contributed by atoms with Gasteiger partial charge in [-0.05, 0) is 13.3 Å². The van der Waals surface area contributed by atoms with E-state index in [1.165, 1.54) is 38.6 Å². The Bertz CT molecular complexity index is 110. The maximum Gasteiger partial charge on any atom is 0.0704 e. The Morgan fingerprint density at radius 3 is 2.75 bits per heavy atom. The van der Waals surface area contributed by atoms with E-state index >= 15 is 0 Å². The summed E-state index contributed by atoms with van der Waals surface area (Å²) in [6, 6.07) is 0.696. The van der Waals surface area contributed by atoms with Gasteiger partial charge < -0.3 is 0 Å². The van der Waals surface area contributed by atoms with Crippen LogP contribution < -0.4 is 10.6 Å². The molecule has 0 radical (unpaired) electrons. The lowest BCUT2D eigenvalue weighted by atomic mass is 10.1. The third-order valence-corrected chi connectivity index (χ3v) is 2.38. The van der Waals surface area contributed by atoms with Crippen LogP contribution in [0, 0.1) is 0 Å². The van der Waals surface area contributed by atoms with Crippen LogP contribution in [0.2, 0.25) is 0 Å². The molecule has 2 atom stereocenters. The second-order valence-corrected chi connectivity index (χ2v) is 3.88. The van der Waals surface area contributed by atoms with Crippen molar-refractivity contribution in [3.63, 3.8) is 0 Å². The lowest BCUT2D eigenvalue weighted by molar-refractivity contribution is 0.478. The summed E-state index contributed by atoms with van der Waals surface area (Å²) in [6.45, 7) is 5.71. The molecule has 2 heteroatoms. The molecule has 2 N–H and O–H groups in total. The quantitative estimate of drug-likeness (QED) is 0.452. The summed E-state index contributed by atoms with van der Waals surface area (Å²) in [5, 5.41) is 6.78. The largest absolute Gasteiger partial charge is 0.298 e. The van der Waals surface area contributed by atoms with Crippen molar-refractivity contribution in [2.24, 2.45) is 0 Å². The van der Waals surface area contributed by atoms with Gasteiger partial charge in [-0.1, -0.05) is 32.6 Å². The average molecular weight is 170 g/mol. The number of hydrogen-bond acceptors (Lipinski definition) is 2. The predicted octanol–water partition coefficient (Wildman–Crippen LogP) is 1.86. The Morgan fingerprint density at radius 2 is 2.17 bits per heavy atom. The van der Waals surface area contributed by atoms with Crippen LogP contribution in [0.15, 0.2) is 0 Å². The molecule has 0 amide bonds. The van der Waals surface area contributed by atoms with Crippen molar-refractivity contribution in [1.29, 1.82) is 0 Å². The number of unbranched alkanes of at least 4 members (excludes halogenated alkanes) is 3. The molecule has 0 aromatic rings. The molecule has 2 unspecified atom stereocenters. The van der Waals surface area contributed by atoms with Crippen molar-refractivity contribution in [3.05, 3.63) is 0 Å². The zero-order chi connectivity index (χ0) is 8.81. The highest BCUT2D eigenvalue weighted by atomic mass is 15.3. The smallest absolute Gasteiger partial charge is 0.0704 e. The van der Waals surface area contributed by atoms with E-state index in [9.17, 15) is 0 Å². The van der Waals surface area contributed by atoms with Gasteiger partial charge in [0.05, 0.1) is 6.17 Å². The molecule has 2 nitrogen and oxygen atoms in total. The van der Waals surface area contributed by atoms with Gasteiger partial charge in [-0.25, -0.2) is 0 Å². The minimum Gasteiger partial charge on any atom is -0.298 e. The highest BCUT2D eigenvalue weighted by molar-refractivity contribution is 4.82. The molecule has 1 fully saturated rings. The molecule has 0 saturated carbocycles. The van der Waals surface area contributed by atoms with E-state index in [2.05, 4.69) is 24.5 Å². The molecular formula is C10H22N2. The van der Waals surface area contributed by atoms with Crippen LogP contribution >= 0.6 is 0 Å². The summed E-state index contributed by atoms with van der Waals surface area (Å²) in [7, 11) is 0. The van der Waals surface area contributed by atoms with E-state index in [4.69, 9.17) is 0 Å². The first kappa shape index (κ1) is 10.0. The molecule has 1 aliphatic heterocycles. The lowest BCUT2D eigenvalue weighted by Crippen LogP contribution is -2.30. The molecule has 0 bridgehead atoms. The zero-order valence-corrected chi connectivity index (χ0v) is 8.40. The van der Waals surface area contributed by atoms with E-state index < -0.39 is 0 Å². The summed E-state index contributed by atoms with van der Waals surface area (Å²) in [4.78, 5) is 0. The van der Waals surface area contributed by atoms with Gasteiger partial charge in [0.15, 0.2) is 0 Å². The Morgan fingerprint density at radius 1 is 1.42 bits per heavy atom. The van der Waals surface area contributed by atoms with Crippen LogP contribution in [-0.4, -0.2) is 18.8 Å². The Kier molecular flexibility index (Phi) is 4.62. The zero-order valence-electron chi connectivity index (χ0n) is 8.40. The molecule has 1 heterocycles. The van der Waals surface area contributed by atoms with Gasteiger partial charge >= 0.3 is 0 Å². The van der Waals surface area contributed by atoms with Crippen LogP contribution in [0.5, 0.6) is 0 Å². The predicted molar refractivity (Wildman–Crippen MR) is 53.1 cm³/mol. The lowest BCUT2D eigenvalue weighted by Gasteiger charge is -2.11. The van der Waals surface area contributed by atoms with Gasteiger partial charge in [0.25, 0.3) is 0 Å². The van der Waals surface area contributed by atoms with Crippen LogP contribution in [0.25, 0.3) is 0 Å². The van der Waals surface area contributed by atoms with Gasteiger partial charge in [-0.2, -0.15) is 0 Å². The topological polar surface area (TPSA) is 34.0 Å². The molecular weight excluding hydrogens is 148 g/mol. The van der Waals surface area contributed by atoms with Crippen molar-refractivity contribution < 1.29 is 0 Å². The Hall–Kier alpha value is -0.0800. The van der Waals surface area contributed by atoms with E-state index in [0.717, 1.165) is 0 Å². The molecule has 12 heavy (non-hydrogen) atoms. The monoisotopic (exact) mass is 170 g/mol. The standard InChI is InChI=1S/C10H22N2/c1-3-4-5-6-7-9(2)12-10-8-11-10/h9-12H,3-8H2,1-2H3. The highest BCUT2D eigenvalue weighted by Crippen LogP contribution is 2.06. The fraction of sp³-hybridized carbons (Fsp3) is 1.00. The van der Waals surface area contributed by atoms with Gasteiger partial charge in [0, 0.05) is 12.6 Å². The summed E-state index contributed by atoms with van der Waals surface area (Å²) in [5.41, 5.74) is 0. The summed E-state index contributed by atoms with van der Waals surface area (Å²) in [6.07, 6.45) is 7.49. The van der Waals surface area contributed by atoms with Crippen LogP contribution in [0.1, 0.15) is 46.0 Å². The number of rotatable bonds is 7. The molecule has 72 valence electrons. The van der Waals surface area contributed by atoms with Crippen molar-refractivity contribution in [3.8, 4) is 0 Å². The number of nitrogens with one attached hydrogen (secondary N) is 2. The minimum atomic E-state index is 0.631. The van der Waals surface area contributed by atoms with Crippen LogP contribution in [-0.2, 0) is 0 Å². The van der Waals surface area contributed by atoms with Crippen molar-refractivity contribution in [2.45, 2.75) is 58.2 Å². The molecule has 1 rings (SSSR count). The first-order valence-electron chi connectivity index (χ1n) is 5.32. The third-order valence-electron chi connectivity index (χ3n) is 2.38. The number of hydrogen-bond donors (Lipinski definition) is 2. The van der Waals surface area contributed by atoms with E-state index in [1.54, 1.807) is 0 Å². The van der Waals surface area contributed by atoms with Crippen molar-refractivity contribution in [1.82, 2.24) is 10.6 Å². The molecule has 0 spiro atoms. The summed E-state index contributed by atoms with van der Waals surface area (Å²) < 4.78 is 0.